The maximum Gasteiger partial charge on any atom is 0.407 e. The van der Waals surface area contributed by atoms with E-state index in [9.17, 15) is 4.79 Å². The van der Waals surface area contributed by atoms with Crippen molar-refractivity contribution in [3.05, 3.63) is 35.9 Å². The highest BCUT2D eigenvalue weighted by Crippen LogP contribution is 2.12. The summed E-state index contributed by atoms with van der Waals surface area (Å²) in [4.78, 5) is 11.4. The van der Waals surface area contributed by atoms with Gasteiger partial charge in [0.2, 0.25) is 0 Å². The van der Waals surface area contributed by atoms with E-state index in [1.54, 1.807) is 7.11 Å². The molecule has 1 aromatic carbocycles. The normalized spacial score (nSPS) is 11.5. The Hall–Kier alpha value is -1.97. The van der Waals surface area contributed by atoms with Crippen LogP contribution < -0.4 is 10.1 Å². The first-order chi connectivity index (χ1) is 10.4. The van der Waals surface area contributed by atoms with Gasteiger partial charge in [-0.1, -0.05) is 24.3 Å². The second kappa shape index (κ2) is 9.13. The Labute approximate surface area is 133 Å². The van der Waals surface area contributed by atoms with E-state index in [0.717, 1.165) is 30.6 Å². The summed E-state index contributed by atoms with van der Waals surface area (Å²) in [6.07, 6.45) is 6.86. The number of ether oxygens (including phenoxy) is 2. The van der Waals surface area contributed by atoms with Crippen LogP contribution in [-0.4, -0.2) is 25.3 Å². The molecule has 0 spiro atoms. The number of methoxy groups -OCH3 is 1. The zero-order valence-electron chi connectivity index (χ0n) is 14.0. The van der Waals surface area contributed by atoms with Crippen molar-refractivity contribution in [2.45, 2.75) is 45.6 Å². The van der Waals surface area contributed by atoms with Gasteiger partial charge in [0, 0.05) is 6.54 Å². The molecule has 1 rings (SSSR count). The van der Waals surface area contributed by atoms with Gasteiger partial charge in [-0.25, -0.2) is 4.79 Å². The van der Waals surface area contributed by atoms with Crippen LogP contribution in [0.3, 0.4) is 0 Å². The molecule has 0 aliphatic rings. The van der Waals surface area contributed by atoms with Gasteiger partial charge in [-0.3, -0.25) is 0 Å². The van der Waals surface area contributed by atoms with Crippen LogP contribution in [0.5, 0.6) is 5.75 Å². The van der Waals surface area contributed by atoms with Gasteiger partial charge in [-0.15, -0.1) is 0 Å². The summed E-state index contributed by atoms with van der Waals surface area (Å²) in [5, 5.41) is 2.76. The maximum atomic E-state index is 11.4. The highest BCUT2D eigenvalue weighted by Gasteiger charge is 2.15. The van der Waals surface area contributed by atoms with Gasteiger partial charge in [0.1, 0.15) is 11.4 Å². The third kappa shape index (κ3) is 8.35. The van der Waals surface area contributed by atoms with Gasteiger partial charge in [-0.05, 0) is 57.7 Å². The summed E-state index contributed by atoms with van der Waals surface area (Å²) in [7, 11) is 1.66. The van der Waals surface area contributed by atoms with Gasteiger partial charge in [-0.2, -0.15) is 0 Å². The molecule has 22 heavy (non-hydrogen) atoms. The molecule has 122 valence electrons. The number of hydrogen-bond donors (Lipinski definition) is 1. The van der Waals surface area contributed by atoms with Crippen LogP contribution in [0.25, 0.3) is 6.08 Å². The van der Waals surface area contributed by atoms with Gasteiger partial charge >= 0.3 is 6.09 Å². The lowest BCUT2D eigenvalue weighted by atomic mass is 10.1. The number of nitrogens with one attached hydrogen (secondary N) is 1. The minimum Gasteiger partial charge on any atom is -0.497 e. The summed E-state index contributed by atoms with van der Waals surface area (Å²) in [5.74, 6) is 0.866. The molecule has 1 aromatic rings. The van der Waals surface area contributed by atoms with Crippen LogP contribution in [0, 0.1) is 0 Å². The zero-order valence-corrected chi connectivity index (χ0v) is 14.0. The van der Waals surface area contributed by atoms with E-state index in [2.05, 4.69) is 17.5 Å². The molecule has 0 atom stereocenters. The van der Waals surface area contributed by atoms with Crippen molar-refractivity contribution in [3.63, 3.8) is 0 Å². The van der Waals surface area contributed by atoms with Crippen molar-refractivity contribution in [2.75, 3.05) is 13.7 Å². The third-order valence-corrected chi connectivity index (χ3v) is 2.89. The van der Waals surface area contributed by atoms with Crippen LogP contribution >= 0.6 is 0 Å². The largest absolute Gasteiger partial charge is 0.497 e. The molecule has 0 radical (unpaired) electrons. The molecule has 0 aliphatic carbocycles. The van der Waals surface area contributed by atoms with Crippen LogP contribution in [-0.2, 0) is 4.74 Å². The quantitative estimate of drug-likeness (QED) is 0.759. The predicted octanol–water partition coefficient (Wildman–Crippen LogP) is 4.40. The molecule has 0 aromatic heterocycles. The summed E-state index contributed by atoms with van der Waals surface area (Å²) >= 11 is 0. The summed E-state index contributed by atoms with van der Waals surface area (Å²) in [6, 6.07) is 7.95. The Morgan fingerprint density at radius 1 is 1.18 bits per heavy atom. The third-order valence-electron chi connectivity index (χ3n) is 2.89. The monoisotopic (exact) mass is 305 g/mol. The fraction of sp³-hybridized carbons (Fsp3) is 0.500. The van der Waals surface area contributed by atoms with Crippen LogP contribution in [0.15, 0.2) is 30.3 Å². The summed E-state index contributed by atoms with van der Waals surface area (Å²) < 4.78 is 10.3. The molecule has 1 N–H and O–H groups in total. The number of carbonyl (C=O) groups excluding carboxylic acids is 1. The van der Waals surface area contributed by atoms with Gasteiger partial charge in [0.15, 0.2) is 0 Å². The first-order valence-corrected chi connectivity index (χ1v) is 7.68. The lowest BCUT2D eigenvalue weighted by Gasteiger charge is -2.19. The number of rotatable bonds is 7. The summed E-state index contributed by atoms with van der Waals surface area (Å²) in [6.45, 7) is 6.22. The van der Waals surface area contributed by atoms with E-state index < -0.39 is 5.60 Å². The van der Waals surface area contributed by atoms with Crippen molar-refractivity contribution >= 4 is 12.2 Å². The maximum absolute atomic E-state index is 11.4. The molecule has 4 heteroatoms. The van der Waals surface area contributed by atoms with Crippen molar-refractivity contribution in [1.29, 1.82) is 0 Å². The fourth-order valence-corrected chi connectivity index (χ4v) is 1.83. The lowest BCUT2D eigenvalue weighted by Crippen LogP contribution is -2.32. The van der Waals surface area contributed by atoms with Gasteiger partial charge in [0.25, 0.3) is 0 Å². The number of benzene rings is 1. The SMILES string of the molecule is COc1ccc(/C=C\CCCCNC(=O)OC(C)(C)C)cc1. The van der Waals surface area contributed by atoms with Crippen molar-refractivity contribution < 1.29 is 14.3 Å². The highest BCUT2D eigenvalue weighted by atomic mass is 16.6. The fourth-order valence-electron chi connectivity index (χ4n) is 1.83. The first kappa shape index (κ1) is 18.1. The van der Waals surface area contributed by atoms with Crippen molar-refractivity contribution in [1.82, 2.24) is 5.32 Å². The number of alkyl carbamates (subject to hydrolysis) is 1. The molecule has 0 aliphatic heterocycles. The molecule has 0 saturated heterocycles. The van der Waals surface area contributed by atoms with Gasteiger partial charge < -0.3 is 14.8 Å². The molecule has 0 unspecified atom stereocenters. The van der Waals surface area contributed by atoms with Crippen LogP contribution in [0.4, 0.5) is 4.79 Å². The second-order valence-electron chi connectivity index (χ2n) is 6.10. The molecule has 0 bridgehead atoms. The Balaban J connectivity index is 2.12. The van der Waals surface area contributed by atoms with Crippen molar-refractivity contribution in [3.8, 4) is 5.75 Å². The number of hydrogen-bond acceptors (Lipinski definition) is 3. The zero-order chi connectivity index (χ0) is 16.4. The van der Waals surface area contributed by atoms with E-state index >= 15 is 0 Å². The standard InChI is InChI=1S/C18H27NO3/c1-18(2,3)22-17(20)19-14-8-6-5-7-9-15-10-12-16(21-4)13-11-15/h7,9-13H,5-6,8,14H2,1-4H3,(H,19,20)/b9-7-. The minimum absolute atomic E-state index is 0.346. The Morgan fingerprint density at radius 3 is 2.45 bits per heavy atom. The molecule has 0 fully saturated rings. The number of amides is 1. The lowest BCUT2D eigenvalue weighted by molar-refractivity contribution is 0.0527. The average Bonchev–Trinajstić information content (AvgIpc) is 2.45. The average molecular weight is 305 g/mol. The van der Waals surface area contributed by atoms with E-state index in [4.69, 9.17) is 9.47 Å². The second-order valence-corrected chi connectivity index (χ2v) is 6.10. The molecular formula is C18H27NO3. The van der Waals surface area contributed by atoms with Crippen LogP contribution in [0.1, 0.15) is 45.6 Å². The predicted molar refractivity (Wildman–Crippen MR) is 90.1 cm³/mol. The van der Waals surface area contributed by atoms with Gasteiger partial charge in [0.05, 0.1) is 7.11 Å². The smallest absolute Gasteiger partial charge is 0.407 e. The molecule has 1 amide bonds. The van der Waals surface area contributed by atoms with E-state index in [-0.39, 0.29) is 6.09 Å². The van der Waals surface area contributed by atoms with E-state index in [1.165, 1.54) is 0 Å². The number of unbranched alkanes of at least 4 members (excludes halogenated alkanes) is 2. The summed E-state index contributed by atoms with van der Waals surface area (Å²) in [5.41, 5.74) is 0.721. The molecular weight excluding hydrogens is 278 g/mol. The molecule has 4 nitrogen and oxygen atoms in total. The number of allylic oxidation sites excluding steroid dienone is 1. The topological polar surface area (TPSA) is 47.6 Å². The molecule has 0 saturated carbocycles. The Bertz CT molecular complexity index is 472. The Kier molecular flexibility index (Phi) is 7.50. The number of carbonyl (C=O) groups is 1. The minimum atomic E-state index is -0.439. The van der Waals surface area contributed by atoms with Crippen LogP contribution in [0.2, 0.25) is 0 Å². The van der Waals surface area contributed by atoms with E-state index in [1.807, 2.05) is 45.0 Å². The Morgan fingerprint density at radius 2 is 1.86 bits per heavy atom. The molecule has 0 heterocycles. The highest BCUT2D eigenvalue weighted by molar-refractivity contribution is 5.67. The first-order valence-electron chi connectivity index (χ1n) is 7.68. The van der Waals surface area contributed by atoms with Crippen molar-refractivity contribution in [2.24, 2.45) is 0 Å². The van der Waals surface area contributed by atoms with E-state index in [0.29, 0.717) is 6.54 Å².